The molecule has 0 aliphatic carbocycles. The normalized spacial score (nSPS) is 26.4. The van der Waals surface area contributed by atoms with E-state index in [0.29, 0.717) is 36.8 Å². The van der Waals surface area contributed by atoms with Crippen molar-refractivity contribution in [2.45, 2.75) is 76.3 Å². The summed E-state index contributed by atoms with van der Waals surface area (Å²) < 4.78 is 18.0. The van der Waals surface area contributed by atoms with Crippen LogP contribution in [-0.2, 0) is 32.2 Å². The fourth-order valence-corrected chi connectivity index (χ4v) is 7.62. The Morgan fingerprint density at radius 2 is 1.91 bits per heavy atom. The number of aromatic nitrogens is 1. The molecule has 0 spiro atoms. The Bertz CT molecular complexity index is 1670. The molecule has 3 saturated heterocycles. The maximum Gasteiger partial charge on any atom is 0.255 e. The highest BCUT2D eigenvalue weighted by Gasteiger charge is 2.40. The van der Waals surface area contributed by atoms with Crippen molar-refractivity contribution < 1.29 is 28.6 Å². The number of hydrogen-bond donors (Lipinski definition) is 1. The monoisotopic (exact) mass is 626 g/mol. The zero-order chi connectivity index (χ0) is 32.0. The van der Waals surface area contributed by atoms with Crippen molar-refractivity contribution in [1.82, 2.24) is 20.1 Å². The number of imide groups is 1. The van der Waals surface area contributed by atoms with Gasteiger partial charge in [-0.25, -0.2) is 0 Å². The fourth-order valence-electron chi connectivity index (χ4n) is 7.62. The first-order chi connectivity index (χ1) is 22.2. The average molecular weight is 627 g/mol. The SMILES string of the molecule is COC[C@@H]1CN(Cc2ccc3nc(C4CCOC(C)(C)C4)ccc3c2)C[C@H]1Oc1ccc2c(c1)CN([C@H]1CCC(=O)NC1=O)C2=O. The predicted molar refractivity (Wildman–Crippen MR) is 171 cm³/mol. The van der Waals surface area contributed by atoms with Crippen LogP contribution in [0.1, 0.15) is 72.6 Å². The van der Waals surface area contributed by atoms with Crippen LogP contribution in [0.3, 0.4) is 0 Å². The summed E-state index contributed by atoms with van der Waals surface area (Å²) in [5.74, 6) is 0.420. The minimum atomic E-state index is -0.635. The van der Waals surface area contributed by atoms with E-state index in [1.165, 1.54) is 5.56 Å². The van der Waals surface area contributed by atoms with Crippen molar-refractivity contribution in [1.29, 1.82) is 0 Å². The van der Waals surface area contributed by atoms with E-state index in [0.717, 1.165) is 61.2 Å². The maximum atomic E-state index is 13.1. The molecule has 3 fully saturated rings. The Morgan fingerprint density at radius 1 is 1.04 bits per heavy atom. The molecule has 4 aliphatic heterocycles. The van der Waals surface area contributed by atoms with Gasteiger partial charge in [0.15, 0.2) is 0 Å². The lowest BCUT2D eigenvalue weighted by atomic mass is 9.86. The number of carbonyl (C=O) groups excluding carboxylic acids is 3. The fraction of sp³-hybridized carbons (Fsp3) is 0.500. The van der Waals surface area contributed by atoms with Crippen molar-refractivity contribution in [2.24, 2.45) is 5.92 Å². The van der Waals surface area contributed by atoms with Crippen LogP contribution in [0.5, 0.6) is 5.75 Å². The van der Waals surface area contributed by atoms with Gasteiger partial charge in [0.2, 0.25) is 11.8 Å². The van der Waals surface area contributed by atoms with Gasteiger partial charge in [-0.05, 0) is 80.6 Å². The number of carbonyl (C=O) groups is 3. The Balaban J connectivity index is 1.01. The van der Waals surface area contributed by atoms with E-state index in [2.05, 4.69) is 54.4 Å². The third-order valence-electron chi connectivity index (χ3n) is 9.92. The molecular formula is C36H42N4O6. The van der Waals surface area contributed by atoms with Gasteiger partial charge in [-0.3, -0.25) is 29.6 Å². The second kappa shape index (κ2) is 12.4. The number of fused-ring (bicyclic) bond motifs is 2. The number of ether oxygens (including phenoxy) is 3. The third-order valence-corrected chi connectivity index (χ3v) is 9.92. The Labute approximate surface area is 269 Å². The first-order valence-corrected chi connectivity index (χ1v) is 16.3. The van der Waals surface area contributed by atoms with Crippen molar-refractivity contribution in [3.05, 3.63) is 70.9 Å². The molecule has 0 bridgehead atoms. The number of likely N-dealkylation sites (tertiary alicyclic amines) is 1. The number of amides is 3. The van der Waals surface area contributed by atoms with E-state index < -0.39 is 11.9 Å². The molecule has 1 unspecified atom stereocenters. The first kappa shape index (κ1) is 30.8. The van der Waals surface area contributed by atoms with Crippen LogP contribution in [0, 0.1) is 5.92 Å². The summed E-state index contributed by atoms with van der Waals surface area (Å²) in [5, 5.41) is 3.50. The lowest BCUT2D eigenvalue weighted by Gasteiger charge is -2.35. The molecule has 3 amide bonds. The van der Waals surface area contributed by atoms with E-state index >= 15 is 0 Å². The molecule has 3 aromatic rings. The van der Waals surface area contributed by atoms with Crippen LogP contribution < -0.4 is 10.1 Å². The maximum absolute atomic E-state index is 13.1. The third kappa shape index (κ3) is 6.26. The van der Waals surface area contributed by atoms with Gasteiger partial charge in [0.25, 0.3) is 5.91 Å². The number of hydrogen-bond acceptors (Lipinski definition) is 8. The summed E-state index contributed by atoms with van der Waals surface area (Å²) in [4.78, 5) is 46.1. The van der Waals surface area contributed by atoms with Crippen molar-refractivity contribution >= 4 is 28.6 Å². The smallest absolute Gasteiger partial charge is 0.255 e. The lowest BCUT2D eigenvalue weighted by Crippen LogP contribution is -2.52. The van der Waals surface area contributed by atoms with Crippen molar-refractivity contribution in [3.63, 3.8) is 0 Å². The largest absolute Gasteiger partial charge is 0.489 e. The topological polar surface area (TPSA) is 110 Å². The van der Waals surface area contributed by atoms with Crippen molar-refractivity contribution in [3.8, 4) is 5.75 Å². The van der Waals surface area contributed by atoms with Gasteiger partial charge in [0.05, 0.1) is 17.7 Å². The van der Waals surface area contributed by atoms with Gasteiger partial charge in [0.1, 0.15) is 17.9 Å². The standard InChI is InChI=1S/C36H42N4O6/c1-36(2)16-24(12-13-45-36)30-9-5-23-14-22(4-8-29(23)37-30)17-39-18-26(21-44-3)32(20-39)46-27-6-7-28-25(15-27)19-40(35(28)43)31-10-11-33(41)38-34(31)42/h4-9,14-15,24,26,31-32H,10-13,16-21H2,1-3H3,(H,38,41,42)/t24?,26-,31-,32+/m0/s1. The minimum Gasteiger partial charge on any atom is -0.489 e. The van der Waals surface area contributed by atoms with Crippen LogP contribution >= 0.6 is 0 Å². The molecule has 4 aliphatic rings. The number of piperidine rings is 1. The molecule has 10 heteroatoms. The summed E-state index contributed by atoms with van der Waals surface area (Å²) >= 11 is 0. The number of benzene rings is 2. The molecule has 0 radical (unpaired) electrons. The number of nitrogens with zero attached hydrogens (tertiary/aromatic N) is 3. The molecule has 0 saturated carbocycles. The minimum absolute atomic E-state index is 0.0743. The van der Waals surface area contributed by atoms with Crippen LogP contribution in [0.2, 0.25) is 0 Å². The van der Waals surface area contributed by atoms with Gasteiger partial charge in [-0.1, -0.05) is 12.1 Å². The molecule has 10 nitrogen and oxygen atoms in total. The number of nitrogens with one attached hydrogen (secondary N) is 1. The highest BCUT2D eigenvalue weighted by molar-refractivity contribution is 6.05. The average Bonchev–Trinajstić information content (AvgIpc) is 3.55. The molecule has 2 aromatic carbocycles. The molecule has 4 atom stereocenters. The van der Waals surface area contributed by atoms with Crippen LogP contribution in [-0.4, -0.2) is 83.7 Å². The van der Waals surface area contributed by atoms with E-state index in [9.17, 15) is 14.4 Å². The molecular weight excluding hydrogens is 584 g/mol. The molecule has 5 heterocycles. The molecule has 46 heavy (non-hydrogen) atoms. The highest BCUT2D eigenvalue weighted by atomic mass is 16.5. The quantitative estimate of drug-likeness (QED) is 0.371. The summed E-state index contributed by atoms with van der Waals surface area (Å²) in [5.41, 5.74) is 4.71. The van der Waals surface area contributed by atoms with Gasteiger partial charge < -0.3 is 19.1 Å². The van der Waals surface area contributed by atoms with E-state index in [1.807, 2.05) is 12.1 Å². The summed E-state index contributed by atoms with van der Waals surface area (Å²) in [7, 11) is 1.72. The highest BCUT2D eigenvalue weighted by Crippen LogP contribution is 2.36. The van der Waals surface area contributed by atoms with Crippen LogP contribution in [0.25, 0.3) is 10.9 Å². The summed E-state index contributed by atoms with van der Waals surface area (Å²) in [6.45, 7) is 8.39. The van der Waals surface area contributed by atoms with Gasteiger partial charge >= 0.3 is 0 Å². The van der Waals surface area contributed by atoms with Gasteiger partial charge in [-0.15, -0.1) is 0 Å². The lowest BCUT2D eigenvalue weighted by molar-refractivity contribution is -0.136. The van der Waals surface area contributed by atoms with Gasteiger partial charge in [-0.2, -0.15) is 0 Å². The predicted octanol–water partition coefficient (Wildman–Crippen LogP) is 4.19. The molecule has 1 aromatic heterocycles. The zero-order valence-electron chi connectivity index (χ0n) is 26.8. The van der Waals surface area contributed by atoms with Crippen molar-refractivity contribution in [2.75, 3.05) is 33.4 Å². The summed E-state index contributed by atoms with van der Waals surface area (Å²) in [6, 6.07) is 15.8. The second-order valence-electron chi connectivity index (χ2n) is 13.8. The van der Waals surface area contributed by atoms with E-state index in [4.69, 9.17) is 19.2 Å². The number of methoxy groups -OCH3 is 1. The Kier molecular flexibility index (Phi) is 8.29. The second-order valence-corrected chi connectivity index (χ2v) is 13.8. The molecule has 7 rings (SSSR count). The number of pyridine rings is 1. The number of rotatable bonds is 8. The zero-order valence-corrected chi connectivity index (χ0v) is 26.8. The van der Waals surface area contributed by atoms with Gasteiger partial charge in [0, 0.05) is 74.8 Å². The van der Waals surface area contributed by atoms with E-state index in [1.54, 1.807) is 18.1 Å². The molecule has 242 valence electrons. The van der Waals surface area contributed by atoms with E-state index in [-0.39, 0.29) is 35.9 Å². The van der Waals surface area contributed by atoms with Crippen LogP contribution in [0.15, 0.2) is 48.5 Å². The molecule has 1 N–H and O–H groups in total. The summed E-state index contributed by atoms with van der Waals surface area (Å²) in [6.07, 6.45) is 2.49. The Hall–Kier alpha value is -3.86. The van der Waals surface area contributed by atoms with Crippen LogP contribution in [0.4, 0.5) is 0 Å². The first-order valence-electron chi connectivity index (χ1n) is 16.3. The Morgan fingerprint density at radius 3 is 2.72 bits per heavy atom.